The predicted octanol–water partition coefficient (Wildman–Crippen LogP) is 5.35. The number of hydrogen-bond donors (Lipinski definition) is 1. The Balaban J connectivity index is 1.99. The number of nitrogens with zero attached hydrogens (tertiary/aromatic N) is 2. The van der Waals surface area contributed by atoms with Crippen LogP contribution in [0.4, 0.5) is 15.8 Å². The molecule has 0 saturated carbocycles. The van der Waals surface area contributed by atoms with Crippen molar-refractivity contribution in [1.29, 1.82) is 0 Å². The van der Waals surface area contributed by atoms with Gasteiger partial charge in [-0.3, -0.25) is 14.5 Å². The molecule has 2 heterocycles. The van der Waals surface area contributed by atoms with Crippen molar-refractivity contribution < 1.29 is 19.1 Å². The number of anilines is 2. The average molecular weight is 473 g/mol. The monoisotopic (exact) mass is 472 g/mol. The maximum Gasteiger partial charge on any atom is 0.262 e. The van der Waals surface area contributed by atoms with E-state index in [4.69, 9.17) is 0 Å². The highest BCUT2D eigenvalue weighted by Crippen LogP contribution is 2.60. The van der Waals surface area contributed by atoms with Crippen molar-refractivity contribution >= 4 is 23.2 Å². The molecule has 6 heteroatoms. The number of hydrogen-bond acceptors (Lipinski definition) is 3. The summed E-state index contributed by atoms with van der Waals surface area (Å²) in [5.74, 6) is -1.65. The van der Waals surface area contributed by atoms with Crippen LogP contribution in [0.5, 0.6) is 0 Å². The van der Waals surface area contributed by atoms with E-state index < -0.39 is 34.3 Å². The Kier molecular flexibility index (Phi) is 4.81. The Labute approximate surface area is 204 Å². The van der Waals surface area contributed by atoms with Gasteiger partial charge < -0.3 is 10.0 Å². The minimum atomic E-state index is -2.05. The van der Waals surface area contributed by atoms with Gasteiger partial charge in [0.05, 0.1) is 11.3 Å². The molecule has 2 amide bonds. The van der Waals surface area contributed by atoms with Gasteiger partial charge in [0.15, 0.2) is 5.54 Å². The third-order valence-corrected chi connectivity index (χ3v) is 7.30. The van der Waals surface area contributed by atoms with Gasteiger partial charge in [-0.05, 0) is 76.9 Å². The van der Waals surface area contributed by atoms with E-state index >= 15 is 4.39 Å². The number of rotatable bonds is 1. The molecule has 0 aromatic heterocycles. The van der Waals surface area contributed by atoms with Crippen LogP contribution < -0.4 is 9.80 Å². The molecule has 1 unspecified atom stereocenters. The van der Waals surface area contributed by atoms with Gasteiger partial charge in [-0.15, -0.1) is 0 Å². The highest BCUT2D eigenvalue weighted by molar-refractivity contribution is 6.21. The molecule has 35 heavy (non-hydrogen) atoms. The first kappa shape index (κ1) is 23.2. The van der Waals surface area contributed by atoms with Gasteiger partial charge in [0.1, 0.15) is 11.4 Å². The van der Waals surface area contributed by atoms with E-state index in [1.54, 1.807) is 42.5 Å². The Morgan fingerprint density at radius 3 is 2.26 bits per heavy atom. The molecule has 0 radical (unpaired) electrons. The summed E-state index contributed by atoms with van der Waals surface area (Å²) in [6.07, 6.45) is 0. The van der Waals surface area contributed by atoms with Crippen molar-refractivity contribution in [3.8, 4) is 0 Å². The zero-order valence-electron chi connectivity index (χ0n) is 20.8. The number of fused-ring (bicyclic) bond motifs is 3. The van der Waals surface area contributed by atoms with E-state index in [0.29, 0.717) is 16.9 Å². The average Bonchev–Trinajstić information content (AvgIpc) is 3.05. The van der Waals surface area contributed by atoms with Gasteiger partial charge in [-0.1, -0.05) is 42.0 Å². The third kappa shape index (κ3) is 2.83. The second-order valence-corrected chi connectivity index (χ2v) is 10.7. The van der Waals surface area contributed by atoms with Gasteiger partial charge in [0.25, 0.3) is 11.8 Å². The number of benzene rings is 3. The molecule has 3 aromatic carbocycles. The first-order chi connectivity index (χ1) is 16.3. The lowest BCUT2D eigenvalue weighted by molar-refractivity contribution is -0.136. The first-order valence-corrected chi connectivity index (χ1v) is 11.7. The third-order valence-electron chi connectivity index (χ3n) is 7.30. The lowest BCUT2D eigenvalue weighted by Crippen LogP contribution is -2.70. The number of carbonyl (C=O) groups excluding carboxylic acids is 2. The minimum Gasteiger partial charge on any atom is -0.382 e. The van der Waals surface area contributed by atoms with Gasteiger partial charge in [0, 0.05) is 16.8 Å². The van der Waals surface area contributed by atoms with Crippen LogP contribution >= 0.6 is 0 Å². The lowest BCUT2D eigenvalue weighted by atomic mass is 9.66. The normalized spacial score (nSPS) is 23.7. The molecule has 5 rings (SSSR count). The van der Waals surface area contributed by atoms with Gasteiger partial charge in [-0.25, -0.2) is 4.39 Å². The van der Waals surface area contributed by atoms with E-state index in [2.05, 4.69) is 0 Å². The molecule has 0 bridgehead atoms. The quantitative estimate of drug-likeness (QED) is 0.519. The van der Waals surface area contributed by atoms with Crippen LogP contribution in [0.25, 0.3) is 0 Å². The van der Waals surface area contributed by atoms with E-state index in [-0.39, 0.29) is 11.1 Å². The predicted molar refractivity (Wildman–Crippen MR) is 134 cm³/mol. The van der Waals surface area contributed by atoms with Gasteiger partial charge >= 0.3 is 0 Å². The summed E-state index contributed by atoms with van der Waals surface area (Å²) >= 11 is 0. The summed E-state index contributed by atoms with van der Waals surface area (Å²) in [6, 6.07) is 16.7. The number of aryl methyl sites for hydroxylation is 2. The summed E-state index contributed by atoms with van der Waals surface area (Å²) in [6.45, 7) is 10.9. The van der Waals surface area contributed by atoms with Crippen molar-refractivity contribution in [3.05, 3.63) is 94.3 Å². The SMILES string of the molecule is Cc1ccc(N2C(=O)c3ccccc3[C@](C)(O)C23C(=O)N(C(C)(C)C)c2cccc(F)c23)c(C)c1. The number of aliphatic hydroxyl groups is 1. The smallest absolute Gasteiger partial charge is 0.262 e. The Morgan fingerprint density at radius 1 is 0.914 bits per heavy atom. The molecule has 1 spiro atoms. The maximum absolute atomic E-state index is 15.9. The summed E-state index contributed by atoms with van der Waals surface area (Å²) < 4.78 is 15.9. The molecule has 180 valence electrons. The number of halogens is 1. The van der Waals surface area contributed by atoms with Crippen molar-refractivity contribution in [2.24, 2.45) is 0 Å². The molecule has 3 aromatic rings. The van der Waals surface area contributed by atoms with Crippen LogP contribution in [0, 0.1) is 19.7 Å². The van der Waals surface area contributed by atoms with Crippen molar-refractivity contribution in [3.63, 3.8) is 0 Å². The Bertz CT molecular complexity index is 1410. The van der Waals surface area contributed by atoms with Crippen LogP contribution in [-0.2, 0) is 15.9 Å². The first-order valence-electron chi connectivity index (χ1n) is 11.7. The van der Waals surface area contributed by atoms with Crippen LogP contribution in [0.15, 0.2) is 60.7 Å². The van der Waals surface area contributed by atoms with Crippen LogP contribution in [0.3, 0.4) is 0 Å². The summed E-state index contributed by atoms with van der Waals surface area (Å²) in [4.78, 5) is 31.8. The molecular weight excluding hydrogens is 443 g/mol. The molecule has 2 aliphatic rings. The summed E-state index contributed by atoms with van der Waals surface area (Å²) in [5, 5.41) is 12.4. The van der Waals surface area contributed by atoms with Crippen molar-refractivity contribution in [2.45, 2.75) is 58.2 Å². The molecule has 0 fully saturated rings. The highest BCUT2D eigenvalue weighted by atomic mass is 19.1. The minimum absolute atomic E-state index is 0.00718. The molecule has 1 N–H and O–H groups in total. The Morgan fingerprint density at radius 2 is 1.60 bits per heavy atom. The molecule has 2 atom stereocenters. The van der Waals surface area contributed by atoms with E-state index in [1.807, 2.05) is 46.8 Å². The van der Waals surface area contributed by atoms with Gasteiger partial charge in [-0.2, -0.15) is 0 Å². The van der Waals surface area contributed by atoms with Crippen molar-refractivity contribution in [2.75, 3.05) is 9.80 Å². The molecular formula is C29H29FN2O3. The van der Waals surface area contributed by atoms with E-state index in [1.165, 1.54) is 22.8 Å². The second kappa shape index (κ2) is 7.25. The number of carbonyl (C=O) groups is 2. The summed E-state index contributed by atoms with van der Waals surface area (Å²) in [5.41, 5.74) is -1.62. The van der Waals surface area contributed by atoms with E-state index in [9.17, 15) is 14.7 Å². The summed E-state index contributed by atoms with van der Waals surface area (Å²) in [7, 11) is 0. The van der Waals surface area contributed by atoms with Crippen LogP contribution in [-0.4, -0.2) is 22.5 Å². The zero-order valence-corrected chi connectivity index (χ0v) is 20.8. The van der Waals surface area contributed by atoms with E-state index in [0.717, 1.165) is 11.1 Å². The molecule has 5 nitrogen and oxygen atoms in total. The van der Waals surface area contributed by atoms with Gasteiger partial charge in [0.2, 0.25) is 0 Å². The molecule has 2 aliphatic heterocycles. The largest absolute Gasteiger partial charge is 0.382 e. The standard InChI is InChI=1S/C29H29FN2O3/c1-17-14-15-22(18(2)16-17)31-25(33)19-10-7-8-11-20(19)28(6,35)29(31)24-21(30)12-9-13-23(24)32(26(29)34)27(3,4)5/h7-16,35H,1-6H3/t28-,29?/m0/s1. The fraction of sp³-hybridized carbons (Fsp3) is 0.310. The molecule has 0 aliphatic carbocycles. The molecule has 0 saturated heterocycles. The lowest BCUT2D eigenvalue weighted by Gasteiger charge is -2.53. The highest BCUT2D eigenvalue weighted by Gasteiger charge is 2.71. The van der Waals surface area contributed by atoms with Crippen LogP contribution in [0.1, 0.15) is 60.3 Å². The topological polar surface area (TPSA) is 60.9 Å². The van der Waals surface area contributed by atoms with Crippen molar-refractivity contribution in [1.82, 2.24) is 0 Å². The number of amides is 2. The van der Waals surface area contributed by atoms with Crippen LogP contribution in [0.2, 0.25) is 0 Å². The maximum atomic E-state index is 15.9. The fourth-order valence-corrected chi connectivity index (χ4v) is 5.89. The fourth-order valence-electron chi connectivity index (χ4n) is 5.89. The zero-order chi connectivity index (χ0) is 25.5. The second-order valence-electron chi connectivity index (χ2n) is 10.7. The Hall–Kier alpha value is -3.51.